The highest BCUT2D eigenvalue weighted by molar-refractivity contribution is 9.09. The van der Waals surface area contributed by atoms with E-state index in [2.05, 4.69) is 20.7 Å². The molecular formula is C15H13BrClNO2S. The van der Waals surface area contributed by atoms with Crippen LogP contribution in [0.15, 0.2) is 53.4 Å². The van der Waals surface area contributed by atoms with Crippen LogP contribution >= 0.6 is 27.5 Å². The van der Waals surface area contributed by atoms with E-state index in [0.29, 0.717) is 5.02 Å². The molecule has 1 N–H and O–H groups in total. The molecule has 0 fully saturated rings. The van der Waals surface area contributed by atoms with Gasteiger partial charge in [-0.3, -0.25) is 0 Å². The molecule has 2 atom stereocenters. The summed E-state index contributed by atoms with van der Waals surface area (Å²) in [5.41, 5.74) is 2.18. The number of alkyl halides is 1. The largest absolute Gasteiger partial charge is 0.241 e. The molecule has 3 rings (SSSR count). The maximum atomic E-state index is 12.5. The Morgan fingerprint density at radius 3 is 2.67 bits per heavy atom. The Bertz CT molecular complexity index is 779. The molecule has 0 saturated carbocycles. The number of hydrogen-bond donors (Lipinski definition) is 1. The lowest BCUT2D eigenvalue weighted by molar-refractivity contribution is 0.559. The van der Waals surface area contributed by atoms with Gasteiger partial charge in [-0.15, -0.1) is 0 Å². The average molecular weight is 387 g/mol. The molecule has 0 radical (unpaired) electrons. The lowest BCUT2D eigenvalue weighted by Crippen LogP contribution is -2.31. The molecule has 1 aliphatic rings. The Morgan fingerprint density at radius 1 is 1.14 bits per heavy atom. The molecule has 6 heteroatoms. The summed E-state index contributed by atoms with van der Waals surface area (Å²) in [6.07, 6.45) is 0.804. The maximum absolute atomic E-state index is 12.5. The van der Waals surface area contributed by atoms with Gasteiger partial charge in [0.25, 0.3) is 0 Å². The fourth-order valence-corrected chi connectivity index (χ4v) is 5.05. The summed E-state index contributed by atoms with van der Waals surface area (Å²) in [4.78, 5) is 0.225. The second kappa shape index (κ2) is 5.72. The van der Waals surface area contributed by atoms with Gasteiger partial charge in [0.1, 0.15) is 0 Å². The van der Waals surface area contributed by atoms with Crippen LogP contribution in [0.1, 0.15) is 17.2 Å². The van der Waals surface area contributed by atoms with Gasteiger partial charge in [0.05, 0.1) is 10.9 Å². The molecule has 2 unspecified atom stereocenters. The van der Waals surface area contributed by atoms with Gasteiger partial charge in [-0.05, 0) is 35.7 Å². The summed E-state index contributed by atoms with van der Waals surface area (Å²) >= 11 is 9.45. The minimum absolute atomic E-state index is 0.0452. The first-order chi connectivity index (χ1) is 9.97. The van der Waals surface area contributed by atoms with Crippen LogP contribution in [0.5, 0.6) is 0 Å². The summed E-state index contributed by atoms with van der Waals surface area (Å²) < 4.78 is 27.8. The fourth-order valence-electron chi connectivity index (χ4n) is 2.55. The van der Waals surface area contributed by atoms with Crippen molar-refractivity contribution < 1.29 is 8.42 Å². The van der Waals surface area contributed by atoms with Crippen molar-refractivity contribution in [2.45, 2.75) is 22.2 Å². The van der Waals surface area contributed by atoms with E-state index in [0.717, 1.165) is 17.5 Å². The number of sulfonamides is 1. The average Bonchev–Trinajstić information content (AvgIpc) is 2.75. The van der Waals surface area contributed by atoms with E-state index in [1.165, 1.54) is 12.1 Å². The zero-order valence-electron chi connectivity index (χ0n) is 11.0. The van der Waals surface area contributed by atoms with E-state index >= 15 is 0 Å². The zero-order valence-corrected chi connectivity index (χ0v) is 14.1. The Labute approximate surface area is 137 Å². The molecule has 110 valence electrons. The standard InChI is InChI=1S/C15H13BrClNO2S/c16-14-8-10-4-1-2-7-13(10)15(14)18-21(19,20)12-6-3-5-11(17)9-12/h1-7,9,14-15,18H,8H2. The summed E-state index contributed by atoms with van der Waals surface area (Å²) in [5, 5.41) is 0.403. The van der Waals surface area contributed by atoms with E-state index in [4.69, 9.17) is 11.6 Å². The molecule has 0 saturated heterocycles. The second-order valence-corrected chi connectivity index (χ2v) is 8.30. The molecule has 3 nitrogen and oxygen atoms in total. The van der Waals surface area contributed by atoms with Crippen molar-refractivity contribution >= 4 is 37.6 Å². The van der Waals surface area contributed by atoms with E-state index in [1.54, 1.807) is 12.1 Å². The number of nitrogens with one attached hydrogen (secondary N) is 1. The van der Waals surface area contributed by atoms with Crippen molar-refractivity contribution in [1.82, 2.24) is 4.72 Å². The summed E-state index contributed by atoms with van der Waals surface area (Å²) in [6.45, 7) is 0. The highest BCUT2D eigenvalue weighted by atomic mass is 79.9. The molecule has 0 bridgehead atoms. The lowest BCUT2D eigenvalue weighted by Gasteiger charge is -2.18. The van der Waals surface area contributed by atoms with Gasteiger partial charge < -0.3 is 0 Å². The van der Waals surface area contributed by atoms with Crippen LogP contribution in [0.3, 0.4) is 0 Å². The van der Waals surface area contributed by atoms with Gasteiger partial charge in [0, 0.05) is 9.85 Å². The molecule has 0 amide bonds. The SMILES string of the molecule is O=S(=O)(NC1c2ccccc2CC1Br)c1cccc(Cl)c1. The first kappa shape index (κ1) is 15.0. The maximum Gasteiger partial charge on any atom is 0.241 e. The Balaban J connectivity index is 1.93. The van der Waals surface area contributed by atoms with E-state index in [9.17, 15) is 8.42 Å². The van der Waals surface area contributed by atoms with Gasteiger partial charge in [-0.25, -0.2) is 13.1 Å². The van der Waals surface area contributed by atoms with E-state index < -0.39 is 10.0 Å². The molecule has 21 heavy (non-hydrogen) atoms. The number of benzene rings is 2. The number of fused-ring (bicyclic) bond motifs is 1. The van der Waals surface area contributed by atoms with Crippen LogP contribution in [0.4, 0.5) is 0 Å². The number of halogens is 2. The minimum atomic E-state index is -3.61. The molecule has 0 aliphatic heterocycles. The van der Waals surface area contributed by atoms with Crippen LogP contribution in [0.2, 0.25) is 5.02 Å². The van der Waals surface area contributed by atoms with Gasteiger partial charge >= 0.3 is 0 Å². The van der Waals surface area contributed by atoms with Crippen molar-refractivity contribution in [3.8, 4) is 0 Å². The van der Waals surface area contributed by atoms with Gasteiger partial charge in [0.2, 0.25) is 10.0 Å². The van der Waals surface area contributed by atoms with Crippen LogP contribution < -0.4 is 4.72 Å². The summed E-state index contributed by atoms with van der Waals surface area (Å²) in [6, 6.07) is 13.9. The highest BCUT2D eigenvalue weighted by Crippen LogP contribution is 2.36. The van der Waals surface area contributed by atoms with E-state index in [1.807, 2.05) is 24.3 Å². The normalized spacial score (nSPS) is 21.2. The minimum Gasteiger partial charge on any atom is -0.207 e. The Morgan fingerprint density at radius 2 is 1.90 bits per heavy atom. The third-order valence-corrected chi connectivity index (χ3v) is 6.08. The van der Waals surface area contributed by atoms with Gasteiger partial charge in [-0.1, -0.05) is 57.9 Å². The van der Waals surface area contributed by atoms with Crippen molar-refractivity contribution in [3.05, 3.63) is 64.7 Å². The van der Waals surface area contributed by atoms with Crippen molar-refractivity contribution in [3.63, 3.8) is 0 Å². The first-order valence-corrected chi connectivity index (χ1v) is 9.25. The van der Waals surface area contributed by atoms with Crippen LogP contribution in [0.25, 0.3) is 0 Å². The van der Waals surface area contributed by atoms with Gasteiger partial charge in [-0.2, -0.15) is 0 Å². The third-order valence-electron chi connectivity index (χ3n) is 3.56. The summed E-state index contributed by atoms with van der Waals surface area (Å²) in [7, 11) is -3.61. The van der Waals surface area contributed by atoms with Crippen LogP contribution in [0, 0.1) is 0 Å². The van der Waals surface area contributed by atoms with Crippen LogP contribution in [-0.2, 0) is 16.4 Å². The number of hydrogen-bond acceptors (Lipinski definition) is 2. The zero-order chi connectivity index (χ0) is 15.0. The molecule has 1 aliphatic carbocycles. The van der Waals surface area contributed by atoms with Gasteiger partial charge in [0.15, 0.2) is 0 Å². The highest BCUT2D eigenvalue weighted by Gasteiger charge is 2.33. The number of rotatable bonds is 3. The molecule has 2 aromatic carbocycles. The van der Waals surface area contributed by atoms with Crippen molar-refractivity contribution in [2.24, 2.45) is 0 Å². The fraction of sp³-hybridized carbons (Fsp3) is 0.200. The lowest BCUT2D eigenvalue weighted by atomic mass is 10.1. The molecule has 0 heterocycles. The molecule has 2 aromatic rings. The third kappa shape index (κ3) is 3.01. The molecule has 0 spiro atoms. The second-order valence-electron chi connectivity index (χ2n) is 4.98. The molecular weight excluding hydrogens is 374 g/mol. The Kier molecular flexibility index (Phi) is 4.10. The van der Waals surface area contributed by atoms with Crippen molar-refractivity contribution in [2.75, 3.05) is 0 Å². The van der Waals surface area contributed by atoms with Crippen LogP contribution in [-0.4, -0.2) is 13.2 Å². The molecule has 0 aromatic heterocycles. The van der Waals surface area contributed by atoms with Crippen molar-refractivity contribution in [1.29, 1.82) is 0 Å². The first-order valence-electron chi connectivity index (χ1n) is 6.47. The Hall–Kier alpha value is -0.880. The topological polar surface area (TPSA) is 46.2 Å². The smallest absolute Gasteiger partial charge is 0.207 e. The predicted octanol–water partition coefficient (Wildman–Crippen LogP) is 3.68. The predicted molar refractivity (Wildman–Crippen MR) is 87.4 cm³/mol. The van der Waals surface area contributed by atoms with E-state index in [-0.39, 0.29) is 15.8 Å². The monoisotopic (exact) mass is 385 g/mol. The quantitative estimate of drug-likeness (QED) is 0.818. The summed E-state index contributed by atoms with van der Waals surface area (Å²) in [5.74, 6) is 0.